The average Bonchev–Trinajstić information content (AvgIpc) is 2.13. The van der Waals surface area contributed by atoms with Crippen molar-refractivity contribution in [2.45, 2.75) is 71.3 Å². The van der Waals surface area contributed by atoms with Crippen molar-refractivity contribution in [2.24, 2.45) is 0 Å². The van der Waals surface area contributed by atoms with Crippen molar-refractivity contribution in [3.8, 4) is 0 Å². The molecule has 0 aliphatic heterocycles. The van der Waals surface area contributed by atoms with E-state index in [2.05, 4.69) is 39.2 Å². The summed E-state index contributed by atoms with van der Waals surface area (Å²) in [5, 5.41) is 11.2. The van der Waals surface area contributed by atoms with E-state index in [0.29, 0.717) is 0 Å². The van der Waals surface area contributed by atoms with E-state index in [9.17, 15) is 9.59 Å². The first-order valence-electron chi connectivity index (χ1n) is 6.57. The molecule has 0 spiro atoms. The van der Waals surface area contributed by atoms with Crippen LogP contribution in [0.25, 0.3) is 0 Å². The molecule has 0 aromatic heterocycles. The third kappa shape index (κ3) is 6.20. The summed E-state index contributed by atoms with van der Waals surface area (Å²) in [5.74, 6) is -1.33. The molecule has 19 heavy (non-hydrogen) atoms. The number of rotatable bonds is 6. The molecule has 2 N–H and O–H groups in total. The first-order valence-corrected chi connectivity index (χ1v) is 9.47. The number of nitrogens with one attached hydrogen (secondary N) is 1. The Hall–Kier alpha value is -0.883. The molecule has 0 bridgehead atoms. The Balaban J connectivity index is 4.36. The van der Waals surface area contributed by atoms with Crippen LogP contribution in [0.5, 0.6) is 0 Å². The predicted octanol–water partition coefficient (Wildman–Crippen LogP) is 2.38. The van der Waals surface area contributed by atoms with Crippen LogP contribution < -0.4 is 5.32 Å². The lowest BCUT2D eigenvalue weighted by Crippen LogP contribution is -2.45. The van der Waals surface area contributed by atoms with E-state index < -0.39 is 20.3 Å². The lowest BCUT2D eigenvalue weighted by atomic mass is 10.2. The lowest BCUT2D eigenvalue weighted by molar-refractivity contribution is -0.141. The van der Waals surface area contributed by atoms with E-state index in [-0.39, 0.29) is 23.5 Å². The van der Waals surface area contributed by atoms with Gasteiger partial charge >= 0.3 is 5.97 Å². The monoisotopic (exact) mass is 289 g/mol. The number of amides is 1. The van der Waals surface area contributed by atoms with Crippen molar-refractivity contribution in [2.75, 3.05) is 0 Å². The first kappa shape index (κ1) is 18.1. The normalized spacial score (nSPS) is 15.7. The van der Waals surface area contributed by atoms with Gasteiger partial charge in [0, 0.05) is 0 Å². The van der Waals surface area contributed by atoms with Gasteiger partial charge in [-0.15, -0.1) is 0 Å². The zero-order chi connectivity index (χ0) is 15.4. The van der Waals surface area contributed by atoms with Crippen molar-refractivity contribution >= 4 is 20.2 Å². The number of hydrogen-bond acceptors (Lipinski definition) is 3. The van der Waals surface area contributed by atoms with Crippen molar-refractivity contribution < 1.29 is 19.1 Å². The quantitative estimate of drug-likeness (QED) is 0.736. The SMILES string of the molecule is CC(CC(=O)NC(C)C(=O)O)O[Si](C)(C)C(C)(C)C. The Morgan fingerprint density at radius 3 is 2.11 bits per heavy atom. The third-order valence-electron chi connectivity index (χ3n) is 3.52. The summed E-state index contributed by atoms with van der Waals surface area (Å²) >= 11 is 0. The lowest BCUT2D eigenvalue weighted by Gasteiger charge is -2.38. The highest BCUT2D eigenvalue weighted by atomic mass is 28.4. The molecule has 6 heteroatoms. The summed E-state index contributed by atoms with van der Waals surface area (Å²) in [6.45, 7) is 14.0. The van der Waals surface area contributed by atoms with Crippen molar-refractivity contribution in [1.82, 2.24) is 5.32 Å². The van der Waals surface area contributed by atoms with Gasteiger partial charge in [0.25, 0.3) is 0 Å². The highest BCUT2D eigenvalue weighted by Crippen LogP contribution is 2.37. The van der Waals surface area contributed by atoms with Gasteiger partial charge in [-0.1, -0.05) is 20.8 Å². The summed E-state index contributed by atoms with van der Waals surface area (Å²) in [6.07, 6.45) is -0.0219. The van der Waals surface area contributed by atoms with Gasteiger partial charge in [0.2, 0.25) is 5.91 Å². The zero-order valence-electron chi connectivity index (χ0n) is 13.0. The van der Waals surface area contributed by atoms with Crippen molar-refractivity contribution in [1.29, 1.82) is 0 Å². The van der Waals surface area contributed by atoms with Crippen LogP contribution in [-0.4, -0.2) is 37.4 Å². The van der Waals surface area contributed by atoms with Crippen LogP contribution in [0.2, 0.25) is 18.1 Å². The Morgan fingerprint density at radius 1 is 1.26 bits per heavy atom. The molecule has 0 aromatic carbocycles. The Morgan fingerprint density at radius 2 is 1.74 bits per heavy atom. The van der Waals surface area contributed by atoms with Gasteiger partial charge in [0.1, 0.15) is 6.04 Å². The second-order valence-corrected chi connectivity index (χ2v) is 11.3. The van der Waals surface area contributed by atoms with Gasteiger partial charge in [-0.25, -0.2) is 0 Å². The van der Waals surface area contributed by atoms with E-state index >= 15 is 0 Å². The smallest absolute Gasteiger partial charge is 0.325 e. The van der Waals surface area contributed by atoms with Crippen molar-refractivity contribution in [3.63, 3.8) is 0 Å². The molecule has 0 rings (SSSR count). The molecule has 1 amide bonds. The number of aliphatic carboxylic acids is 1. The molecule has 0 aliphatic rings. The molecule has 0 radical (unpaired) electrons. The van der Waals surface area contributed by atoms with E-state index in [1.807, 2.05) is 6.92 Å². The van der Waals surface area contributed by atoms with Crippen LogP contribution in [0.4, 0.5) is 0 Å². The maximum atomic E-state index is 11.7. The van der Waals surface area contributed by atoms with Crippen LogP contribution in [-0.2, 0) is 14.0 Å². The molecule has 0 saturated carbocycles. The van der Waals surface area contributed by atoms with Crippen LogP contribution >= 0.6 is 0 Å². The van der Waals surface area contributed by atoms with Gasteiger partial charge in [-0.2, -0.15) is 0 Å². The molecule has 0 aliphatic carbocycles. The summed E-state index contributed by atoms with van der Waals surface area (Å²) in [6, 6.07) is -0.868. The van der Waals surface area contributed by atoms with Gasteiger partial charge < -0.3 is 14.8 Å². The maximum Gasteiger partial charge on any atom is 0.325 e. The Labute approximate surface area is 116 Å². The van der Waals surface area contributed by atoms with Gasteiger partial charge in [0.05, 0.1) is 12.5 Å². The first-order chi connectivity index (χ1) is 8.36. The molecule has 5 nitrogen and oxygen atoms in total. The molecule has 112 valence electrons. The van der Waals surface area contributed by atoms with Gasteiger partial charge in [0.15, 0.2) is 8.32 Å². The van der Waals surface area contributed by atoms with E-state index in [1.165, 1.54) is 6.92 Å². The molecule has 0 heterocycles. The summed E-state index contributed by atoms with van der Waals surface area (Å²) in [4.78, 5) is 22.3. The Kier molecular flexibility index (Phi) is 6.22. The van der Waals surface area contributed by atoms with Gasteiger partial charge in [-0.3, -0.25) is 9.59 Å². The fourth-order valence-corrected chi connectivity index (χ4v) is 2.79. The van der Waals surface area contributed by atoms with E-state index in [1.54, 1.807) is 0 Å². The molecular weight excluding hydrogens is 262 g/mol. The largest absolute Gasteiger partial charge is 0.480 e. The molecule has 0 aromatic rings. The van der Waals surface area contributed by atoms with Crippen molar-refractivity contribution in [3.05, 3.63) is 0 Å². The number of carbonyl (C=O) groups is 2. The highest BCUT2D eigenvalue weighted by molar-refractivity contribution is 6.74. The highest BCUT2D eigenvalue weighted by Gasteiger charge is 2.38. The number of carboxylic acids is 1. The van der Waals surface area contributed by atoms with Crippen LogP contribution in [0.15, 0.2) is 0 Å². The zero-order valence-corrected chi connectivity index (χ0v) is 14.0. The van der Waals surface area contributed by atoms with Crippen LogP contribution in [0, 0.1) is 0 Å². The summed E-state index contributed by atoms with van der Waals surface area (Å²) in [5.41, 5.74) is 0. The number of hydrogen-bond donors (Lipinski definition) is 2. The molecule has 0 saturated heterocycles. The third-order valence-corrected chi connectivity index (χ3v) is 8.13. The number of carboxylic acid groups (broad SMARTS) is 1. The molecule has 0 fully saturated rings. The minimum absolute atomic E-state index is 0.0894. The minimum Gasteiger partial charge on any atom is -0.480 e. The topological polar surface area (TPSA) is 75.6 Å². The fraction of sp³-hybridized carbons (Fsp3) is 0.846. The molecular formula is C13H27NO4Si. The standard InChI is InChI=1S/C13H27NO4Si/c1-9(18-19(6,7)13(3,4)5)8-11(15)14-10(2)12(16)17/h9-10H,8H2,1-7H3,(H,14,15)(H,16,17). The van der Waals surface area contributed by atoms with Crippen LogP contribution in [0.1, 0.15) is 41.0 Å². The summed E-state index contributed by atoms with van der Waals surface area (Å²) < 4.78 is 6.05. The van der Waals surface area contributed by atoms with E-state index in [4.69, 9.17) is 9.53 Å². The summed E-state index contributed by atoms with van der Waals surface area (Å²) in [7, 11) is -1.89. The molecule has 2 atom stereocenters. The van der Waals surface area contributed by atoms with Crippen LogP contribution in [0.3, 0.4) is 0 Å². The fourth-order valence-electron chi connectivity index (χ4n) is 1.34. The van der Waals surface area contributed by atoms with E-state index in [0.717, 1.165) is 0 Å². The maximum absolute atomic E-state index is 11.7. The predicted molar refractivity (Wildman–Crippen MR) is 77.6 cm³/mol. The average molecular weight is 289 g/mol. The Bertz CT molecular complexity index is 336. The second kappa shape index (κ2) is 6.52. The number of carbonyl (C=O) groups excluding carboxylic acids is 1. The van der Waals surface area contributed by atoms with Gasteiger partial charge in [-0.05, 0) is 32.0 Å². The second-order valence-electron chi connectivity index (χ2n) is 6.52. The minimum atomic E-state index is -1.89. The molecule has 2 unspecified atom stereocenters.